The Morgan fingerprint density at radius 1 is 1.67 bits per heavy atom. The average Bonchev–Trinajstić information content (AvgIpc) is 2.64. The van der Waals surface area contributed by atoms with E-state index in [-0.39, 0.29) is 5.91 Å². The van der Waals surface area contributed by atoms with Crippen LogP contribution in [0.25, 0.3) is 0 Å². The zero-order chi connectivity index (χ0) is 10.8. The highest BCUT2D eigenvalue weighted by atomic mass is 35.5. The third-order valence-electron chi connectivity index (χ3n) is 2.82. The van der Waals surface area contributed by atoms with Crippen LogP contribution >= 0.6 is 11.6 Å². The molecule has 0 radical (unpaired) electrons. The first-order chi connectivity index (χ1) is 7.20. The Kier molecular flexibility index (Phi) is 2.91. The molecule has 1 aliphatic heterocycles. The summed E-state index contributed by atoms with van der Waals surface area (Å²) in [7, 11) is 0. The van der Waals surface area contributed by atoms with Crippen LogP contribution in [-0.2, 0) is 0 Å². The van der Waals surface area contributed by atoms with E-state index in [0.29, 0.717) is 16.6 Å². The predicted molar refractivity (Wildman–Crippen MR) is 59.0 cm³/mol. The van der Waals surface area contributed by atoms with Gasteiger partial charge in [0.2, 0.25) is 0 Å². The number of carbonyl (C=O) groups is 1. The first-order valence-electron chi connectivity index (χ1n) is 5.10. The summed E-state index contributed by atoms with van der Waals surface area (Å²) in [4.78, 5) is 17.8. The van der Waals surface area contributed by atoms with Crippen molar-refractivity contribution in [1.29, 1.82) is 0 Å². The minimum atomic E-state index is 0.0207. The molecule has 1 saturated heterocycles. The lowest BCUT2D eigenvalue weighted by Gasteiger charge is -2.21. The summed E-state index contributed by atoms with van der Waals surface area (Å²) in [5.74, 6) is 0.0207. The van der Waals surface area contributed by atoms with Crippen LogP contribution < -0.4 is 0 Å². The number of halogens is 1. The highest BCUT2D eigenvalue weighted by Gasteiger charge is 2.26. The van der Waals surface area contributed by atoms with Crippen LogP contribution in [0.1, 0.15) is 30.1 Å². The molecule has 3 nitrogen and oxygen atoms in total. The van der Waals surface area contributed by atoms with E-state index in [1.165, 1.54) is 6.20 Å². The van der Waals surface area contributed by atoms with Gasteiger partial charge in [-0.25, -0.2) is 0 Å². The van der Waals surface area contributed by atoms with E-state index in [9.17, 15) is 4.79 Å². The van der Waals surface area contributed by atoms with Crippen LogP contribution in [0, 0.1) is 0 Å². The van der Waals surface area contributed by atoms with E-state index in [1.54, 1.807) is 12.3 Å². The standard InChI is InChI=1S/C11H13ClN2O/c1-8-3-2-6-14(8)11(15)9-4-5-13-7-10(9)12/h4-5,7-8H,2-3,6H2,1H3. The second-order valence-corrected chi connectivity index (χ2v) is 4.25. The lowest BCUT2D eigenvalue weighted by Crippen LogP contribution is -2.33. The van der Waals surface area contributed by atoms with Gasteiger partial charge in [0, 0.05) is 25.0 Å². The van der Waals surface area contributed by atoms with Gasteiger partial charge in [0.05, 0.1) is 10.6 Å². The first-order valence-corrected chi connectivity index (χ1v) is 5.48. The number of nitrogens with zero attached hydrogens (tertiary/aromatic N) is 2. The molecule has 15 heavy (non-hydrogen) atoms. The zero-order valence-electron chi connectivity index (χ0n) is 8.61. The first kappa shape index (κ1) is 10.4. The van der Waals surface area contributed by atoms with Crippen LogP contribution in [0.5, 0.6) is 0 Å². The fraction of sp³-hybridized carbons (Fsp3) is 0.455. The van der Waals surface area contributed by atoms with E-state index in [4.69, 9.17) is 11.6 Å². The van der Waals surface area contributed by atoms with E-state index >= 15 is 0 Å². The molecule has 2 rings (SSSR count). The van der Waals surface area contributed by atoms with Gasteiger partial charge >= 0.3 is 0 Å². The van der Waals surface area contributed by atoms with Crippen LogP contribution in [0.4, 0.5) is 0 Å². The maximum atomic E-state index is 12.1. The van der Waals surface area contributed by atoms with Crippen molar-refractivity contribution in [1.82, 2.24) is 9.88 Å². The number of hydrogen-bond acceptors (Lipinski definition) is 2. The fourth-order valence-electron chi connectivity index (χ4n) is 1.94. The topological polar surface area (TPSA) is 33.2 Å². The monoisotopic (exact) mass is 224 g/mol. The molecule has 1 aromatic rings. The van der Waals surface area contributed by atoms with Crippen molar-refractivity contribution in [3.05, 3.63) is 29.0 Å². The molecule has 1 amide bonds. The molecule has 1 unspecified atom stereocenters. The Balaban J connectivity index is 2.24. The highest BCUT2D eigenvalue weighted by molar-refractivity contribution is 6.33. The molecular formula is C11H13ClN2O. The van der Waals surface area contributed by atoms with Gasteiger partial charge in [0.15, 0.2) is 0 Å². The number of likely N-dealkylation sites (tertiary alicyclic amines) is 1. The van der Waals surface area contributed by atoms with E-state index in [1.807, 2.05) is 4.90 Å². The van der Waals surface area contributed by atoms with Crippen LogP contribution in [0.3, 0.4) is 0 Å². The Morgan fingerprint density at radius 2 is 2.47 bits per heavy atom. The maximum Gasteiger partial charge on any atom is 0.255 e. The summed E-state index contributed by atoms with van der Waals surface area (Å²) in [6, 6.07) is 2.00. The van der Waals surface area contributed by atoms with Crippen LogP contribution in [0.15, 0.2) is 18.5 Å². The van der Waals surface area contributed by atoms with Crippen molar-refractivity contribution in [2.24, 2.45) is 0 Å². The number of carbonyl (C=O) groups excluding carboxylic acids is 1. The molecule has 0 spiro atoms. The van der Waals surface area contributed by atoms with Gasteiger partial charge in [-0.15, -0.1) is 0 Å². The second-order valence-electron chi connectivity index (χ2n) is 3.85. The number of aromatic nitrogens is 1. The Morgan fingerprint density at radius 3 is 3.07 bits per heavy atom. The third-order valence-corrected chi connectivity index (χ3v) is 3.12. The lowest BCUT2D eigenvalue weighted by atomic mass is 10.2. The molecule has 1 aromatic heterocycles. The fourth-order valence-corrected chi connectivity index (χ4v) is 2.14. The summed E-state index contributed by atoms with van der Waals surface area (Å²) in [5, 5.41) is 0.432. The van der Waals surface area contributed by atoms with Gasteiger partial charge < -0.3 is 4.90 Å². The largest absolute Gasteiger partial charge is 0.336 e. The predicted octanol–water partition coefficient (Wildman–Crippen LogP) is 2.36. The zero-order valence-corrected chi connectivity index (χ0v) is 9.37. The van der Waals surface area contributed by atoms with Crippen LogP contribution in [0.2, 0.25) is 5.02 Å². The summed E-state index contributed by atoms with van der Waals surface area (Å²) < 4.78 is 0. The number of pyridine rings is 1. The van der Waals surface area contributed by atoms with Crippen molar-refractivity contribution in [2.75, 3.05) is 6.54 Å². The van der Waals surface area contributed by atoms with Crippen molar-refractivity contribution in [3.63, 3.8) is 0 Å². The summed E-state index contributed by atoms with van der Waals surface area (Å²) in [5.41, 5.74) is 0.556. The molecular weight excluding hydrogens is 212 g/mol. The SMILES string of the molecule is CC1CCCN1C(=O)c1ccncc1Cl. The molecule has 0 bridgehead atoms. The molecule has 0 saturated carbocycles. The van der Waals surface area contributed by atoms with E-state index in [0.717, 1.165) is 19.4 Å². The normalized spacial score (nSPS) is 20.7. The maximum absolute atomic E-state index is 12.1. The molecule has 1 aliphatic rings. The Hall–Kier alpha value is -1.09. The van der Waals surface area contributed by atoms with E-state index < -0.39 is 0 Å². The van der Waals surface area contributed by atoms with Crippen molar-refractivity contribution >= 4 is 17.5 Å². The van der Waals surface area contributed by atoms with Crippen LogP contribution in [-0.4, -0.2) is 28.4 Å². The minimum Gasteiger partial charge on any atom is -0.336 e. The van der Waals surface area contributed by atoms with E-state index in [2.05, 4.69) is 11.9 Å². The van der Waals surface area contributed by atoms with Crippen molar-refractivity contribution in [2.45, 2.75) is 25.8 Å². The second kappa shape index (κ2) is 4.19. The Bertz CT molecular complexity index is 381. The van der Waals surface area contributed by atoms with Gasteiger partial charge in [-0.2, -0.15) is 0 Å². The molecule has 1 fully saturated rings. The van der Waals surface area contributed by atoms with Gasteiger partial charge in [-0.3, -0.25) is 9.78 Å². The molecule has 0 aromatic carbocycles. The molecule has 1 atom stereocenters. The average molecular weight is 225 g/mol. The van der Waals surface area contributed by atoms with Gasteiger partial charge in [0.25, 0.3) is 5.91 Å². The van der Waals surface area contributed by atoms with Gasteiger partial charge in [-0.1, -0.05) is 11.6 Å². The molecule has 0 aliphatic carbocycles. The number of hydrogen-bond donors (Lipinski definition) is 0. The Labute approximate surface area is 94.1 Å². The minimum absolute atomic E-state index is 0.0207. The molecule has 2 heterocycles. The summed E-state index contributed by atoms with van der Waals surface area (Å²) in [6.07, 6.45) is 5.26. The lowest BCUT2D eigenvalue weighted by molar-refractivity contribution is 0.0747. The quantitative estimate of drug-likeness (QED) is 0.734. The summed E-state index contributed by atoms with van der Waals surface area (Å²) >= 11 is 5.94. The molecule has 0 N–H and O–H groups in total. The van der Waals surface area contributed by atoms with Crippen molar-refractivity contribution < 1.29 is 4.79 Å². The molecule has 4 heteroatoms. The van der Waals surface area contributed by atoms with Crippen molar-refractivity contribution in [3.8, 4) is 0 Å². The number of amides is 1. The van der Waals surface area contributed by atoms with Gasteiger partial charge in [0.1, 0.15) is 0 Å². The smallest absolute Gasteiger partial charge is 0.255 e. The third kappa shape index (κ3) is 1.97. The number of rotatable bonds is 1. The molecule has 80 valence electrons. The summed E-state index contributed by atoms with van der Waals surface area (Å²) in [6.45, 7) is 2.90. The highest BCUT2D eigenvalue weighted by Crippen LogP contribution is 2.22. The van der Waals surface area contributed by atoms with Gasteiger partial charge in [-0.05, 0) is 25.8 Å².